The van der Waals surface area contributed by atoms with Crippen molar-refractivity contribution in [2.24, 2.45) is 0 Å². The highest BCUT2D eigenvalue weighted by Crippen LogP contribution is 2.33. The first-order valence-corrected chi connectivity index (χ1v) is 4.96. The Morgan fingerprint density at radius 1 is 1.00 bits per heavy atom. The minimum absolute atomic E-state index is 0.152. The standard InChI is InChI=1S/C13H13NO2/c1-8-4-9(6-11(15)5-8)12-7-10(14)2-3-13(12)16/h2-7,15-16H,14H2,1H3. The maximum absolute atomic E-state index is 9.73. The van der Waals surface area contributed by atoms with Gasteiger partial charge in [0.15, 0.2) is 0 Å². The number of phenolic OH excluding ortho intramolecular Hbond substituents is 2. The average Bonchev–Trinajstić information content (AvgIpc) is 2.20. The van der Waals surface area contributed by atoms with Gasteiger partial charge in [-0.2, -0.15) is 0 Å². The number of nitrogens with two attached hydrogens (primary N) is 1. The lowest BCUT2D eigenvalue weighted by Gasteiger charge is -2.07. The minimum Gasteiger partial charge on any atom is -0.508 e. The largest absolute Gasteiger partial charge is 0.508 e. The first-order valence-electron chi connectivity index (χ1n) is 4.96. The predicted molar refractivity (Wildman–Crippen MR) is 64.4 cm³/mol. The van der Waals surface area contributed by atoms with Gasteiger partial charge in [0, 0.05) is 11.3 Å². The van der Waals surface area contributed by atoms with E-state index in [-0.39, 0.29) is 11.5 Å². The number of aromatic hydroxyl groups is 2. The molecular weight excluding hydrogens is 202 g/mol. The Labute approximate surface area is 93.8 Å². The maximum Gasteiger partial charge on any atom is 0.123 e. The van der Waals surface area contributed by atoms with Crippen LogP contribution in [0.4, 0.5) is 5.69 Å². The van der Waals surface area contributed by atoms with Crippen molar-refractivity contribution in [3.63, 3.8) is 0 Å². The molecule has 0 heterocycles. The Balaban J connectivity index is 2.62. The Bertz CT molecular complexity index is 515. The summed E-state index contributed by atoms with van der Waals surface area (Å²) in [5.41, 5.74) is 8.55. The number of phenols is 2. The van der Waals surface area contributed by atoms with Crippen molar-refractivity contribution in [2.45, 2.75) is 6.92 Å². The quantitative estimate of drug-likeness (QED) is 0.506. The van der Waals surface area contributed by atoms with Gasteiger partial charge < -0.3 is 15.9 Å². The van der Waals surface area contributed by atoms with E-state index < -0.39 is 0 Å². The van der Waals surface area contributed by atoms with Gasteiger partial charge in [-0.1, -0.05) is 6.07 Å². The summed E-state index contributed by atoms with van der Waals surface area (Å²) in [4.78, 5) is 0. The van der Waals surface area contributed by atoms with Gasteiger partial charge in [0.25, 0.3) is 0 Å². The average molecular weight is 215 g/mol. The molecule has 0 atom stereocenters. The molecule has 0 saturated carbocycles. The zero-order chi connectivity index (χ0) is 11.7. The molecule has 0 aromatic heterocycles. The summed E-state index contributed by atoms with van der Waals surface area (Å²) in [5, 5.41) is 19.2. The van der Waals surface area contributed by atoms with Gasteiger partial charge in [-0.15, -0.1) is 0 Å². The molecule has 82 valence electrons. The van der Waals surface area contributed by atoms with Crippen molar-refractivity contribution in [3.8, 4) is 22.6 Å². The normalized spacial score (nSPS) is 10.3. The van der Waals surface area contributed by atoms with Crippen LogP contribution in [0, 0.1) is 6.92 Å². The molecule has 0 saturated heterocycles. The number of hydrogen-bond donors (Lipinski definition) is 3. The summed E-state index contributed by atoms with van der Waals surface area (Å²) in [6.45, 7) is 1.88. The highest BCUT2D eigenvalue weighted by atomic mass is 16.3. The van der Waals surface area contributed by atoms with E-state index in [0.29, 0.717) is 11.3 Å². The van der Waals surface area contributed by atoms with Gasteiger partial charge in [0.1, 0.15) is 11.5 Å². The van der Waals surface area contributed by atoms with Crippen LogP contribution in [0.5, 0.6) is 11.5 Å². The van der Waals surface area contributed by atoms with Gasteiger partial charge in [-0.05, 0) is 48.4 Å². The van der Waals surface area contributed by atoms with E-state index in [9.17, 15) is 10.2 Å². The molecule has 3 nitrogen and oxygen atoms in total. The van der Waals surface area contributed by atoms with E-state index in [1.807, 2.05) is 13.0 Å². The summed E-state index contributed by atoms with van der Waals surface area (Å²) in [5.74, 6) is 0.330. The van der Waals surface area contributed by atoms with E-state index in [1.54, 1.807) is 30.3 Å². The molecule has 0 aliphatic carbocycles. The number of hydrogen-bond acceptors (Lipinski definition) is 3. The van der Waals surface area contributed by atoms with E-state index >= 15 is 0 Å². The number of nitrogen functional groups attached to an aromatic ring is 1. The van der Waals surface area contributed by atoms with E-state index in [4.69, 9.17) is 5.73 Å². The second-order valence-corrected chi connectivity index (χ2v) is 3.83. The van der Waals surface area contributed by atoms with Crippen LogP contribution in [0.3, 0.4) is 0 Å². The van der Waals surface area contributed by atoms with Crippen LogP contribution in [0.1, 0.15) is 5.56 Å². The first kappa shape index (κ1) is 10.4. The Hall–Kier alpha value is -2.16. The summed E-state index contributed by atoms with van der Waals surface area (Å²) >= 11 is 0. The first-order chi connectivity index (χ1) is 7.56. The SMILES string of the molecule is Cc1cc(O)cc(-c2cc(N)ccc2O)c1. The molecule has 4 N–H and O–H groups in total. The van der Waals surface area contributed by atoms with Crippen LogP contribution in [0.15, 0.2) is 36.4 Å². The number of anilines is 1. The Morgan fingerprint density at radius 3 is 2.44 bits per heavy atom. The van der Waals surface area contributed by atoms with E-state index in [0.717, 1.165) is 11.1 Å². The lowest BCUT2D eigenvalue weighted by atomic mass is 10.0. The lowest BCUT2D eigenvalue weighted by molar-refractivity contribution is 0.474. The Kier molecular flexibility index (Phi) is 2.44. The highest BCUT2D eigenvalue weighted by molar-refractivity contribution is 5.74. The van der Waals surface area contributed by atoms with Crippen LogP contribution in [-0.4, -0.2) is 10.2 Å². The molecule has 2 aromatic rings. The van der Waals surface area contributed by atoms with Crippen molar-refractivity contribution in [1.82, 2.24) is 0 Å². The second-order valence-electron chi connectivity index (χ2n) is 3.83. The summed E-state index contributed by atoms with van der Waals surface area (Å²) in [6, 6.07) is 10.0. The van der Waals surface area contributed by atoms with Gasteiger partial charge in [0.05, 0.1) is 0 Å². The molecule has 2 rings (SSSR count). The van der Waals surface area contributed by atoms with Crippen LogP contribution in [0.25, 0.3) is 11.1 Å². The number of benzene rings is 2. The van der Waals surface area contributed by atoms with Crippen molar-refractivity contribution < 1.29 is 10.2 Å². The molecule has 0 fully saturated rings. The molecule has 0 aliphatic rings. The van der Waals surface area contributed by atoms with Gasteiger partial charge in [0.2, 0.25) is 0 Å². The molecule has 0 amide bonds. The van der Waals surface area contributed by atoms with Crippen LogP contribution >= 0.6 is 0 Å². The van der Waals surface area contributed by atoms with E-state index in [1.165, 1.54) is 0 Å². The molecule has 0 spiro atoms. The molecule has 0 bridgehead atoms. The number of rotatable bonds is 1. The molecule has 0 unspecified atom stereocenters. The highest BCUT2D eigenvalue weighted by Gasteiger charge is 2.06. The fourth-order valence-corrected chi connectivity index (χ4v) is 1.70. The molecule has 0 aliphatic heterocycles. The summed E-state index contributed by atoms with van der Waals surface area (Å²) < 4.78 is 0. The monoisotopic (exact) mass is 215 g/mol. The van der Waals surface area contributed by atoms with Crippen LogP contribution in [0.2, 0.25) is 0 Å². The predicted octanol–water partition coefficient (Wildman–Crippen LogP) is 2.66. The zero-order valence-corrected chi connectivity index (χ0v) is 8.94. The Morgan fingerprint density at radius 2 is 1.75 bits per heavy atom. The van der Waals surface area contributed by atoms with Gasteiger partial charge in [-0.3, -0.25) is 0 Å². The van der Waals surface area contributed by atoms with Crippen LogP contribution < -0.4 is 5.73 Å². The van der Waals surface area contributed by atoms with Crippen molar-refractivity contribution >= 4 is 5.69 Å². The second kappa shape index (κ2) is 3.77. The van der Waals surface area contributed by atoms with Crippen LogP contribution in [-0.2, 0) is 0 Å². The summed E-state index contributed by atoms with van der Waals surface area (Å²) in [7, 11) is 0. The van der Waals surface area contributed by atoms with Crippen molar-refractivity contribution in [1.29, 1.82) is 0 Å². The van der Waals surface area contributed by atoms with Crippen molar-refractivity contribution in [2.75, 3.05) is 5.73 Å². The third-order valence-electron chi connectivity index (χ3n) is 2.39. The molecule has 2 aromatic carbocycles. The minimum atomic E-state index is 0.152. The van der Waals surface area contributed by atoms with Gasteiger partial charge in [-0.25, -0.2) is 0 Å². The third kappa shape index (κ3) is 1.93. The molecule has 3 heteroatoms. The van der Waals surface area contributed by atoms with Crippen molar-refractivity contribution in [3.05, 3.63) is 42.0 Å². The maximum atomic E-state index is 9.73. The number of aryl methyl sites for hydroxylation is 1. The fourth-order valence-electron chi connectivity index (χ4n) is 1.70. The smallest absolute Gasteiger partial charge is 0.123 e. The molecule has 0 radical (unpaired) electrons. The molecule has 16 heavy (non-hydrogen) atoms. The topological polar surface area (TPSA) is 66.5 Å². The fraction of sp³-hybridized carbons (Fsp3) is 0.0769. The summed E-state index contributed by atoms with van der Waals surface area (Å²) in [6.07, 6.45) is 0. The zero-order valence-electron chi connectivity index (χ0n) is 8.94. The van der Waals surface area contributed by atoms with Gasteiger partial charge >= 0.3 is 0 Å². The third-order valence-corrected chi connectivity index (χ3v) is 2.39. The van der Waals surface area contributed by atoms with E-state index in [2.05, 4.69) is 0 Å². The molecular formula is C13H13NO2. The lowest BCUT2D eigenvalue weighted by Crippen LogP contribution is -1.87.